The van der Waals surface area contributed by atoms with Gasteiger partial charge in [0.05, 0.1) is 11.4 Å². The van der Waals surface area contributed by atoms with E-state index in [0.717, 1.165) is 123 Å². The zero-order valence-corrected chi connectivity index (χ0v) is 57.3. The Morgan fingerprint density at radius 1 is 0.277 bits per heavy atom. The molecular formula is C94H61BN2O2S2. The van der Waals surface area contributed by atoms with Gasteiger partial charge >= 0.3 is 0 Å². The van der Waals surface area contributed by atoms with E-state index in [0.29, 0.717) is 0 Å². The fourth-order valence-corrected chi connectivity index (χ4v) is 19.0. The van der Waals surface area contributed by atoms with Crippen LogP contribution in [0.5, 0.6) is 0 Å². The van der Waals surface area contributed by atoms with Gasteiger partial charge in [-0.05, 0) is 156 Å². The summed E-state index contributed by atoms with van der Waals surface area (Å²) in [6, 6.07) is 118. The third-order valence-corrected chi connectivity index (χ3v) is 23.7. The van der Waals surface area contributed by atoms with Crippen molar-refractivity contribution in [1.29, 1.82) is 0 Å². The lowest BCUT2D eigenvalue weighted by atomic mass is 9.33. The lowest BCUT2D eigenvalue weighted by Crippen LogP contribution is -2.61. The summed E-state index contributed by atoms with van der Waals surface area (Å²) >= 11 is 3.75. The van der Waals surface area contributed by atoms with E-state index in [-0.39, 0.29) is 12.1 Å². The number of hydrogen-bond acceptors (Lipinski definition) is 6. The molecule has 4 aromatic heterocycles. The Morgan fingerprint density at radius 2 is 0.653 bits per heavy atom. The van der Waals surface area contributed by atoms with Crippen molar-refractivity contribution in [3.8, 4) is 66.8 Å². The fourth-order valence-electron chi connectivity index (χ4n) is 16.8. The topological polar surface area (TPSA) is 32.8 Å². The summed E-state index contributed by atoms with van der Waals surface area (Å²) in [6.07, 6.45) is 0. The van der Waals surface area contributed by atoms with Gasteiger partial charge in [-0.1, -0.05) is 263 Å². The smallest absolute Gasteiger partial charge is 0.252 e. The van der Waals surface area contributed by atoms with Crippen LogP contribution in [0, 0.1) is 0 Å². The average molecular weight is 1330 g/mol. The van der Waals surface area contributed by atoms with Gasteiger partial charge in [0.1, 0.15) is 22.3 Å². The molecule has 0 radical (unpaired) electrons. The van der Waals surface area contributed by atoms with Crippen molar-refractivity contribution in [2.75, 3.05) is 9.80 Å². The number of nitrogens with zero attached hydrogens (tertiary/aromatic N) is 2. The first-order chi connectivity index (χ1) is 49.7. The number of hydrogen-bond donors (Lipinski definition) is 0. The lowest BCUT2D eigenvalue weighted by Gasteiger charge is -2.46. The SMILES string of the molecule is CC(C)(C)c1cc2c3c(c1)N(c1c(-c4ccc(-c5ccccc5)cc4)ccc4sc5ccccc5c14)c1ccc(-c4cccc5oc6ccccc6c45)cc1B3c1cc(-c3cccc4oc5ccccc5c34)ccc1N2c1c(-c2ccc(-c3ccccc3)cc2)ccc2sc3ccccc3c12. The van der Waals surface area contributed by atoms with Crippen LogP contribution < -0.4 is 26.2 Å². The first-order valence-electron chi connectivity index (χ1n) is 34.8. The third kappa shape index (κ3) is 8.93. The molecule has 0 unspecified atom stereocenters. The standard InChI is InChI=1S/C94H61BN2O2S2/c1-94(2,3)64-54-77-91-78(55-64)97(93-68(47-51-86-90(93)72-27-13-17-35-84(72)101-86)61-42-38-59(39-43-61)57-22-8-5-9-23-57)76-49-45-63(66-29-19-33-82-88(66)70-25-11-15-31-80(70)99-82)53-74(76)95(91)73-52-62(65-28-18-32-81-87(65)69-24-10-14-30-79(69)98-81)44-48-75(73)96(77)92-67(46-50-85-89(92)71-26-12-16-34-83(71)100-85)60-40-36-58(37-41-60)56-20-6-4-7-21-56/h4-55H,1-3H3. The first kappa shape index (κ1) is 58.0. The van der Waals surface area contributed by atoms with Crippen molar-refractivity contribution in [3.05, 3.63) is 321 Å². The maximum atomic E-state index is 6.72. The Hall–Kier alpha value is -12.0. The van der Waals surface area contributed by atoms with Crippen LogP contribution in [-0.4, -0.2) is 6.71 Å². The molecular weight excluding hydrogens is 1260 g/mol. The third-order valence-electron chi connectivity index (χ3n) is 21.4. The van der Waals surface area contributed by atoms with Crippen molar-refractivity contribution in [1.82, 2.24) is 0 Å². The Labute approximate surface area is 592 Å². The predicted octanol–water partition coefficient (Wildman–Crippen LogP) is 25.6. The van der Waals surface area contributed by atoms with Crippen LogP contribution in [0.2, 0.25) is 0 Å². The van der Waals surface area contributed by atoms with E-state index in [9.17, 15) is 0 Å². The first-order valence-corrected chi connectivity index (χ1v) is 36.4. The highest BCUT2D eigenvalue weighted by Crippen LogP contribution is 2.56. The van der Waals surface area contributed by atoms with Crippen LogP contribution >= 0.6 is 22.7 Å². The van der Waals surface area contributed by atoms with Crippen molar-refractivity contribution in [2.24, 2.45) is 0 Å². The molecule has 2 aliphatic heterocycles. The molecule has 0 atom stereocenters. The quantitative estimate of drug-likeness (QED) is 0.142. The molecule has 0 fully saturated rings. The van der Waals surface area contributed by atoms with Gasteiger partial charge in [-0.15, -0.1) is 22.7 Å². The Bertz CT molecular complexity index is 6240. The minimum Gasteiger partial charge on any atom is -0.456 e. The maximum absolute atomic E-state index is 6.72. The van der Waals surface area contributed by atoms with Gasteiger partial charge in [-0.2, -0.15) is 0 Å². The maximum Gasteiger partial charge on any atom is 0.252 e. The van der Waals surface area contributed by atoms with Crippen LogP contribution in [0.15, 0.2) is 324 Å². The van der Waals surface area contributed by atoms with E-state index >= 15 is 0 Å². The van der Waals surface area contributed by atoms with E-state index in [4.69, 9.17) is 8.83 Å². The summed E-state index contributed by atoms with van der Waals surface area (Å²) < 4.78 is 18.4. The largest absolute Gasteiger partial charge is 0.456 e. The molecule has 474 valence electrons. The summed E-state index contributed by atoms with van der Waals surface area (Å²) in [6.45, 7) is 6.88. The second-order valence-corrected chi connectivity index (χ2v) is 30.3. The predicted molar refractivity (Wildman–Crippen MR) is 432 cm³/mol. The van der Waals surface area contributed by atoms with Gasteiger partial charge in [-0.25, -0.2) is 0 Å². The molecule has 0 aliphatic carbocycles. The number of thiophene rings is 2. The van der Waals surface area contributed by atoms with Gasteiger partial charge in [0.25, 0.3) is 6.71 Å². The van der Waals surface area contributed by atoms with Crippen LogP contribution in [0.25, 0.3) is 151 Å². The molecule has 101 heavy (non-hydrogen) atoms. The summed E-state index contributed by atoms with van der Waals surface area (Å²) in [5, 5.41) is 9.37. The van der Waals surface area contributed by atoms with Crippen molar-refractivity contribution < 1.29 is 8.83 Å². The molecule has 19 aromatic rings. The van der Waals surface area contributed by atoms with Crippen molar-refractivity contribution in [2.45, 2.75) is 26.2 Å². The van der Waals surface area contributed by atoms with Crippen molar-refractivity contribution in [3.63, 3.8) is 0 Å². The van der Waals surface area contributed by atoms with E-state index in [2.05, 4.69) is 346 Å². The molecule has 15 aromatic carbocycles. The normalized spacial score (nSPS) is 12.8. The molecule has 0 bridgehead atoms. The summed E-state index contributed by atoms with van der Waals surface area (Å²) in [5.74, 6) is 0. The van der Waals surface area contributed by atoms with Crippen LogP contribution in [0.3, 0.4) is 0 Å². The van der Waals surface area contributed by atoms with E-state index in [1.54, 1.807) is 0 Å². The lowest BCUT2D eigenvalue weighted by molar-refractivity contribution is 0.590. The molecule has 0 N–H and O–H groups in total. The number of fused-ring (bicyclic) bond motifs is 16. The van der Waals surface area contributed by atoms with E-state index < -0.39 is 0 Å². The highest BCUT2D eigenvalue weighted by molar-refractivity contribution is 7.26. The fraction of sp³-hybridized carbons (Fsp3) is 0.0426. The van der Waals surface area contributed by atoms with Crippen LogP contribution in [0.4, 0.5) is 34.1 Å². The minimum atomic E-state index is -0.306. The van der Waals surface area contributed by atoms with Gasteiger partial charge in [0, 0.05) is 95.8 Å². The Balaban J connectivity index is 0.922. The average Bonchev–Trinajstić information content (AvgIpc) is 0.759. The van der Waals surface area contributed by atoms with Crippen LogP contribution in [0.1, 0.15) is 26.3 Å². The summed E-state index contributed by atoms with van der Waals surface area (Å²) in [7, 11) is 0. The second-order valence-electron chi connectivity index (χ2n) is 28.1. The monoisotopic (exact) mass is 1320 g/mol. The Morgan fingerprint density at radius 3 is 1.10 bits per heavy atom. The highest BCUT2D eigenvalue weighted by atomic mass is 32.1. The zero-order valence-electron chi connectivity index (χ0n) is 55.6. The van der Waals surface area contributed by atoms with Crippen molar-refractivity contribution >= 4 is 164 Å². The molecule has 4 nitrogen and oxygen atoms in total. The number of furan rings is 2. The molecule has 0 spiro atoms. The molecule has 2 aliphatic rings. The molecule has 0 amide bonds. The number of rotatable bonds is 8. The van der Waals surface area contributed by atoms with Gasteiger partial charge in [0.15, 0.2) is 0 Å². The van der Waals surface area contributed by atoms with Gasteiger partial charge in [-0.3, -0.25) is 0 Å². The van der Waals surface area contributed by atoms with Crippen LogP contribution in [-0.2, 0) is 5.41 Å². The number of para-hydroxylation sites is 2. The molecule has 7 heteroatoms. The zero-order chi connectivity index (χ0) is 66.8. The Kier molecular flexibility index (Phi) is 12.8. The summed E-state index contributed by atoms with van der Waals surface area (Å²) in [4.78, 5) is 5.43. The summed E-state index contributed by atoms with van der Waals surface area (Å²) in [5.41, 5.74) is 28.9. The molecule has 21 rings (SSSR count). The van der Waals surface area contributed by atoms with E-state index in [1.165, 1.54) is 84.6 Å². The minimum absolute atomic E-state index is 0.286. The molecule has 0 saturated heterocycles. The number of benzene rings is 15. The highest BCUT2D eigenvalue weighted by Gasteiger charge is 2.46. The van der Waals surface area contributed by atoms with Gasteiger partial charge in [0.2, 0.25) is 0 Å². The molecule has 0 saturated carbocycles. The van der Waals surface area contributed by atoms with Gasteiger partial charge < -0.3 is 18.6 Å². The molecule has 6 heterocycles. The number of anilines is 6. The van der Waals surface area contributed by atoms with E-state index in [1.807, 2.05) is 22.7 Å². The second kappa shape index (κ2) is 22.3.